The molecule has 1 aliphatic heterocycles. The first-order valence-corrected chi connectivity index (χ1v) is 6.27. The Morgan fingerprint density at radius 1 is 1.13 bits per heavy atom. The topological polar surface area (TPSA) is 3.24 Å². The monoisotopic (exact) mass is 221 g/mol. The van der Waals surface area contributed by atoms with Gasteiger partial charge in [0.25, 0.3) is 0 Å². The number of anilines is 1. The predicted octanol–water partition coefficient (Wildman–Crippen LogP) is 3.82. The van der Waals surface area contributed by atoms with E-state index in [0.717, 1.165) is 10.9 Å². The summed E-state index contributed by atoms with van der Waals surface area (Å²) < 4.78 is 0. The van der Waals surface area contributed by atoms with Crippen molar-refractivity contribution >= 4 is 17.3 Å². The number of halogens is 1. The molecule has 0 N–H and O–H groups in total. The van der Waals surface area contributed by atoms with Gasteiger partial charge in [0.1, 0.15) is 0 Å². The molecule has 1 heterocycles. The molecule has 1 aromatic carbocycles. The zero-order valence-corrected chi connectivity index (χ0v) is 9.63. The molecule has 1 saturated heterocycles. The molecule has 2 heteroatoms. The van der Waals surface area contributed by atoms with Crippen molar-refractivity contribution < 1.29 is 0 Å². The van der Waals surface area contributed by atoms with Gasteiger partial charge >= 0.3 is 0 Å². The van der Waals surface area contributed by atoms with Crippen molar-refractivity contribution in [3.8, 4) is 0 Å². The molecule has 15 heavy (non-hydrogen) atoms. The molecule has 0 spiro atoms. The van der Waals surface area contributed by atoms with Crippen molar-refractivity contribution in [2.24, 2.45) is 0 Å². The van der Waals surface area contributed by atoms with E-state index in [0.29, 0.717) is 0 Å². The highest BCUT2D eigenvalue weighted by molar-refractivity contribution is 6.30. The van der Waals surface area contributed by atoms with E-state index in [1.165, 1.54) is 50.0 Å². The van der Waals surface area contributed by atoms with Crippen LogP contribution in [0.4, 0.5) is 5.69 Å². The van der Waals surface area contributed by atoms with Crippen LogP contribution in [0.25, 0.3) is 0 Å². The van der Waals surface area contributed by atoms with Crippen LogP contribution in [0.15, 0.2) is 18.2 Å². The third kappa shape index (κ3) is 1.85. The van der Waals surface area contributed by atoms with Crippen LogP contribution in [0.2, 0.25) is 5.02 Å². The predicted molar refractivity (Wildman–Crippen MR) is 64.9 cm³/mol. The third-order valence-corrected chi connectivity index (χ3v) is 3.69. The summed E-state index contributed by atoms with van der Waals surface area (Å²) in [5.74, 6) is 0.817. The molecule has 2 fully saturated rings. The Kier molecular flexibility index (Phi) is 2.36. The summed E-state index contributed by atoms with van der Waals surface area (Å²) in [4.78, 5) is 2.50. The first-order chi connectivity index (χ1) is 7.34. The number of benzene rings is 1. The Morgan fingerprint density at radius 3 is 2.53 bits per heavy atom. The van der Waals surface area contributed by atoms with E-state index in [1.54, 1.807) is 0 Å². The molecule has 0 radical (unpaired) electrons. The highest BCUT2D eigenvalue weighted by Gasteiger charge is 2.28. The second-order valence-corrected chi connectivity index (χ2v) is 5.11. The lowest BCUT2D eigenvalue weighted by Gasteiger charge is -2.21. The number of rotatable bonds is 2. The molecule has 1 saturated carbocycles. The minimum Gasteiger partial charge on any atom is -0.371 e. The second-order valence-electron chi connectivity index (χ2n) is 4.67. The second kappa shape index (κ2) is 3.71. The maximum atomic E-state index is 6.09. The summed E-state index contributed by atoms with van der Waals surface area (Å²) >= 11 is 6.09. The van der Waals surface area contributed by atoms with E-state index in [2.05, 4.69) is 17.0 Å². The average molecular weight is 222 g/mol. The minimum atomic E-state index is 0.817. The van der Waals surface area contributed by atoms with Gasteiger partial charge in [0, 0.05) is 23.8 Å². The molecule has 3 rings (SSSR count). The van der Waals surface area contributed by atoms with Crippen LogP contribution in [0.3, 0.4) is 0 Å². The summed E-state index contributed by atoms with van der Waals surface area (Å²) in [6.45, 7) is 2.42. The van der Waals surface area contributed by atoms with Crippen LogP contribution in [0.5, 0.6) is 0 Å². The fourth-order valence-electron chi connectivity index (χ4n) is 2.49. The lowest BCUT2D eigenvalue weighted by atomic mass is 10.1. The van der Waals surface area contributed by atoms with Crippen LogP contribution >= 0.6 is 11.6 Å². The standard InChI is InChI=1S/C13H16ClN/c14-11-5-6-12(10-3-4-10)13(9-11)15-7-1-2-8-15/h5-6,9-10H,1-4,7-8H2. The van der Waals surface area contributed by atoms with Crippen LogP contribution < -0.4 is 4.90 Å². The van der Waals surface area contributed by atoms with Crippen molar-refractivity contribution in [1.29, 1.82) is 0 Å². The summed E-state index contributed by atoms with van der Waals surface area (Å²) in [5, 5.41) is 0.876. The minimum absolute atomic E-state index is 0.817. The van der Waals surface area contributed by atoms with Crippen molar-refractivity contribution in [2.45, 2.75) is 31.6 Å². The fourth-order valence-corrected chi connectivity index (χ4v) is 2.65. The largest absolute Gasteiger partial charge is 0.371 e. The lowest BCUT2D eigenvalue weighted by molar-refractivity contribution is 0.946. The number of hydrogen-bond acceptors (Lipinski definition) is 1. The van der Waals surface area contributed by atoms with Gasteiger partial charge in [0.2, 0.25) is 0 Å². The molecule has 0 unspecified atom stereocenters. The van der Waals surface area contributed by atoms with Gasteiger partial charge in [-0.3, -0.25) is 0 Å². The summed E-state index contributed by atoms with van der Waals surface area (Å²) in [6, 6.07) is 6.42. The van der Waals surface area contributed by atoms with Crippen molar-refractivity contribution in [3.63, 3.8) is 0 Å². The van der Waals surface area contributed by atoms with E-state index in [-0.39, 0.29) is 0 Å². The van der Waals surface area contributed by atoms with Crippen LogP contribution in [0.1, 0.15) is 37.2 Å². The first kappa shape index (κ1) is 9.53. The van der Waals surface area contributed by atoms with Gasteiger partial charge in [-0.15, -0.1) is 0 Å². The average Bonchev–Trinajstić information content (AvgIpc) is 2.94. The molecule has 80 valence electrons. The number of nitrogens with zero attached hydrogens (tertiary/aromatic N) is 1. The molecule has 1 aromatic rings. The quantitative estimate of drug-likeness (QED) is 0.734. The Bertz CT molecular complexity index is 365. The van der Waals surface area contributed by atoms with E-state index in [1.807, 2.05) is 6.07 Å². The van der Waals surface area contributed by atoms with Crippen molar-refractivity contribution in [1.82, 2.24) is 0 Å². The molecular formula is C13H16ClN. The van der Waals surface area contributed by atoms with E-state index in [4.69, 9.17) is 11.6 Å². The van der Waals surface area contributed by atoms with E-state index >= 15 is 0 Å². The smallest absolute Gasteiger partial charge is 0.0426 e. The zero-order chi connectivity index (χ0) is 10.3. The first-order valence-electron chi connectivity index (χ1n) is 5.89. The summed E-state index contributed by atoms with van der Waals surface area (Å²) in [5.41, 5.74) is 2.93. The number of hydrogen-bond donors (Lipinski definition) is 0. The van der Waals surface area contributed by atoms with Crippen LogP contribution in [0, 0.1) is 0 Å². The molecule has 2 aliphatic rings. The lowest BCUT2D eigenvalue weighted by Crippen LogP contribution is -2.19. The van der Waals surface area contributed by atoms with Gasteiger partial charge in [0.15, 0.2) is 0 Å². The van der Waals surface area contributed by atoms with Gasteiger partial charge in [-0.25, -0.2) is 0 Å². The normalized spacial score (nSPS) is 21.0. The maximum Gasteiger partial charge on any atom is 0.0426 e. The highest BCUT2D eigenvalue weighted by atomic mass is 35.5. The van der Waals surface area contributed by atoms with Crippen molar-refractivity contribution in [2.75, 3.05) is 18.0 Å². The summed E-state index contributed by atoms with van der Waals surface area (Å²) in [7, 11) is 0. The molecule has 1 aliphatic carbocycles. The van der Waals surface area contributed by atoms with Gasteiger partial charge in [0.05, 0.1) is 0 Å². The molecular weight excluding hydrogens is 206 g/mol. The SMILES string of the molecule is Clc1ccc(C2CC2)c(N2CCCC2)c1. The van der Waals surface area contributed by atoms with Gasteiger partial charge in [-0.2, -0.15) is 0 Å². The summed E-state index contributed by atoms with van der Waals surface area (Å²) in [6.07, 6.45) is 5.39. The molecule has 0 bridgehead atoms. The third-order valence-electron chi connectivity index (χ3n) is 3.46. The Labute approximate surface area is 96.0 Å². The molecule has 1 nitrogen and oxygen atoms in total. The zero-order valence-electron chi connectivity index (χ0n) is 8.88. The van der Waals surface area contributed by atoms with Gasteiger partial charge in [-0.1, -0.05) is 17.7 Å². The van der Waals surface area contributed by atoms with Gasteiger partial charge in [-0.05, 0) is 49.3 Å². The molecule has 0 aromatic heterocycles. The van der Waals surface area contributed by atoms with Crippen LogP contribution in [-0.4, -0.2) is 13.1 Å². The van der Waals surface area contributed by atoms with E-state index < -0.39 is 0 Å². The van der Waals surface area contributed by atoms with Gasteiger partial charge < -0.3 is 4.90 Å². The Balaban J connectivity index is 1.98. The van der Waals surface area contributed by atoms with E-state index in [9.17, 15) is 0 Å². The fraction of sp³-hybridized carbons (Fsp3) is 0.538. The molecule has 0 atom stereocenters. The van der Waals surface area contributed by atoms with Crippen LogP contribution in [-0.2, 0) is 0 Å². The maximum absolute atomic E-state index is 6.09. The Hall–Kier alpha value is -0.690. The van der Waals surface area contributed by atoms with Crippen molar-refractivity contribution in [3.05, 3.63) is 28.8 Å². The Morgan fingerprint density at radius 2 is 1.87 bits per heavy atom. The molecule has 0 amide bonds. The highest BCUT2D eigenvalue weighted by Crippen LogP contribution is 2.45.